The summed E-state index contributed by atoms with van der Waals surface area (Å²) in [5.74, 6) is -1.49. The van der Waals surface area contributed by atoms with E-state index in [0.717, 1.165) is 16.2 Å². The molecule has 0 fully saturated rings. The number of hydrogen-bond acceptors (Lipinski definition) is 5. The van der Waals surface area contributed by atoms with Gasteiger partial charge in [0, 0.05) is 11.1 Å². The average molecular weight is 300 g/mol. The molecule has 0 aromatic carbocycles. The maximum absolute atomic E-state index is 14.1. The van der Waals surface area contributed by atoms with Crippen molar-refractivity contribution in [2.24, 2.45) is 5.92 Å². The largest absolute Gasteiger partial charge is 0.476 e. The predicted molar refractivity (Wildman–Crippen MR) is 73.6 cm³/mol. The third-order valence-electron chi connectivity index (χ3n) is 2.50. The summed E-state index contributed by atoms with van der Waals surface area (Å²) in [7, 11) is 0. The van der Waals surface area contributed by atoms with Gasteiger partial charge >= 0.3 is 5.97 Å². The van der Waals surface area contributed by atoms with Gasteiger partial charge in [0.05, 0.1) is 4.88 Å². The summed E-state index contributed by atoms with van der Waals surface area (Å²) in [5, 5.41) is 10.2. The number of nitrogens with zero attached hydrogens (tertiary/aromatic N) is 2. The van der Waals surface area contributed by atoms with Crippen molar-refractivity contribution in [2.75, 3.05) is 0 Å². The lowest BCUT2D eigenvalue weighted by atomic mass is 10.1. The number of halogens is 1. The molecule has 0 radical (unpaired) electrons. The highest BCUT2D eigenvalue weighted by Gasteiger charge is 2.27. The van der Waals surface area contributed by atoms with Gasteiger partial charge in [0.1, 0.15) is 6.17 Å². The van der Waals surface area contributed by atoms with E-state index in [2.05, 4.69) is 9.97 Å². The molecule has 7 heteroatoms. The zero-order chi connectivity index (χ0) is 14.2. The first-order chi connectivity index (χ1) is 8.90. The molecule has 2 aromatic heterocycles. The van der Waals surface area contributed by atoms with Crippen LogP contribution in [0.3, 0.4) is 0 Å². The summed E-state index contributed by atoms with van der Waals surface area (Å²) in [6.07, 6.45) is 0.370. The standard InChI is InChI=1S/C12H13FN2O2S2/c1-5(2)7(13)9-8(12(16)17)15-11(19-9)10-14-4-6(3)18-10/h4-5,7H,1-3H3,(H,16,17). The number of carboxylic acids is 1. The Kier molecular flexibility index (Phi) is 3.96. The first kappa shape index (κ1) is 14.1. The Morgan fingerprint density at radius 2 is 2.05 bits per heavy atom. The second-order valence-electron chi connectivity index (χ2n) is 4.46. The highest BCUT2D eigenvalue weighted by atomic mass is 32.1. The van der Waals surface area contributed by atoms with Gasteiger partial charge in [-0.2, -0.15) is 0 Å². The summed E-state index contributed by atoms with van der Waals surface area (Å²) >= 11 is 2.49. The van der Waals surface area contributed by atoms with Crippen LogP contribution in [0.2, 0.25) is 0 Å². The molecule has 2 aromatic rings. The molecule has 0 aliphatic carbocycles. The van der Waals surface area contributed by atoms with Crippen LogP contribution in [0.25, 0.3) is 10.0 Å². The maximum Gasteiger partial charge on any atom is 0.355 e. The number of aromatic nitrogens is 2. The van der Waals surface area contributed by atoms with Crippen LogP contribution in [0.4, 0.5) is 4.39 Å². The van der Waals surface area contributed by atoms with Gasteiger partial charge in [0.25, 0.3) is 0 Å². The van der Waals surface area contributed by atoms with E-state index in [1.54, 1.807) is 20.0 Å². The second-order valence-corrected chi connectivity index (χ2v) is 6.72. The van der Waals surface area contributed by atoms with Gasteiger partial charge < -0.3 is 5.11 Å². The molecule has 0 amide bonds. The van der Waals surface area contributed by atoms with Crippen LogP contribution >= 0.6 is 22.7 Å². The highest BCUT2D eigenvalue weighted by molar-refractivity contribution is 7.21. The summed E-state index contributed by atoms with van der Waals surface area (Å²) in [4.78, 5) is 20.5. The Balaban J connectivity index is 2.49. The van der Waals surface area contributed by atoms with Crippen molar-refractivity contribution in [3.8, 4) is 10.0 Å². The van der Waals surface area contributed by atoms with E-state index in [0.29, 0.717) is 10.0 Å². The number of rotatable bonds is 4. The summed E-state index contributed by atoms with van der Waals surface area (Å²) in [6, 6.07) is 0. The van der Waals surface area contributed by atoms with E-state index >= 15 is 0 Å². The molecule has 2 heterocycles. The van der Waals surface area contributed by atoms with E-state index in [1.165, 1.54) is 11.3 Å². The SMILES string of the molecule is Cc1cnc(-c2nc(C(=O)O)c(C(F)C(C)C)s2)s1. The lowest BCUT2D eigenvalue weighted by Crippen LogP contribution is -2.06. The Bertz CT molecular complexity index is 607. The molecule has 102 valence electrons. The summed E-state index contributed by atoms with van der Waals surface area (Å²) in [6.45, 7) is 5.33. The van der Waals surface area contributed by atoms with Crippen molar-refractivity contribution >= 4 is 28.6 Å². The minimum Gasteiger partial charge on any atom is -0.476 e. The Hall–Kier alpha value is -1.34. The zero-order valence-electron chi connectivity index (χ0n) is 10.7. The maximum atomic E-state index is 14.1. The number of alkyl halides is 1. The fraction of sp³-hybridized carbons (Fsp3) is 0.417. The fourth-order valence-electron chi connectivity index (χ4n) is 1.52. The third-order valence-corrected chi connectivity index (χ3v) is 4.66. The molecule has 0 spiro atoms. The van der Waals surface area contributed by atoms with Gasteiger partial charge in [-0.25, -0.2) is 19.2 Å². The van der Waals surface area contributed by atoms with Gasteiger partial charge in [-0.05, 0) is 12.8 Å². The lowest BCUT2D eigenvalue weighted by molar-refractivity contribution is 0.0687. The highest BCUT2D eigenvalue weighted by Crippen LogP contribution is 2.38. The Labute approximate surface area is 118 Å². The van der Waals surface area contributed by atoms with Crippen molar-refractivity contribution < 1.29 is 14.3 Å². The van der Waals surface area contributed by atoms with Crippen molar-refractivity contribution in [1.29, 1.82) is 0 Å². The summed E-state index contributed by atoms with van der Waals surface area (Å²) < 4.78 is 14.1. The number of aryl methyl sites for hydroxylation is 1. The van der Waals surface area contributed by atoms with E-state index in [-0.39, 0.29) is 16.5 Å². The smallest absolute Gasteiger partial charge is 0.355 e. The molecule has 0 saturated heterocycles. The van der Waals surface area contributed by atoms with Gasteiger partial charge in [0.2, 0.25) is 0 Å². The van der Waals surface area contributed by atoms with E-state index < -0.39 is 12.1 Å². The molecule has 0 aliphatic rings. The number of carboxylic acid groups (broad SMARTS) is 1. The summed E-state index contributed by atoms with van der Waals surface area (Å²) in [5.41, 5.74) is -0.200. The minimum atomic E-state index is -1.32. The van der Waals surface area contributed by atoms with Crippen molar-refractivity contribution in [1.82, 2.24) is 9.97 Å². The molecule has 1 N–H and O–H groups in total. The first-order valence-corrected chi connectivity index (χ1v) is 7.34. The van der Waals surface area contributed by atoms with E-state index in [4.69, 9.17) is 5.11 Å². The number of aromatic carboxylic acids is 1. The molecule has 0 saturated carbocycles. The quantitative estimate of drug-likeness (QED) is 0.929. The topological polar surface area (TPSA) is 63.1 Å². The van der Waals surface area contributed by atoms with Crippen LogP contribution in [-0.4, -0.2) is 21.0 Å². The Morgan fingerprint density at radius 3 is 2.53 bits per heavy atom. The fourth-order valence-corrected chi connectivity index (χ4v) is 3.52. The van der Waals surface area contributed by atoms with Crippen LogP contribution in [0.15, 0.2) is 6.20 Å². The molecule has 0 aliphatic heterocycles. The van der Waals surface area contributed by atoms with Crippen LogP contribution in [0, 0.1) is 12.8 Å². The van der Waals surface area contributed by atoms with Crippen LogP contribution in [-0.2, 0) is 0 Å². The Morgan fingerprint density at radius 1 is 1.37 bits per heavy atom. The average Bonchev–Trinajstić information content (AvgIpc) is 2.93. The molecular formula is C12H13FN2O2S2. The van der Waals surface area contributed by atoms with Gasteiger partial charge in [-0.3, -0.25) is 0 Å². The lowest BCUT2D eigenvalue weighted by Gasteiger charge is -2.09. The first-order valence-electron chi connectivity index (χ1n) is 5.71. The monoisotopic (exact) mass is 300 g/mol. The number of thiazole rings is 2. The van der Waals surface area contributed by atoms with Crippen LogP contribution in [0.5, 0.6) is 0 Å². The van der Waals surface area contributed by atoms with Crippen LogP contribution < -0.4 is 0 Å². The van der Waals surface area contributed by atoms with Crippen LogP contribution in [0.1, 0.15) is 40.3 Å². The molecule has 0 bridgehead atoms. The molecular weight excluding hydrogens is 287 g/mol. The second kappa shape index (κ2) is 5.34. The normalized spacial score (nSPS) is 12.9. The van der Waals surface area contributed by atoms with Gasteiger partial charge in [0.15, 0.2) is 15.7 Å². The molecule has 1 atom stereocenters. The predicted octanol–water partition coefficient (Wildman–Crippen LogP) is 3.94. The van der Waals surface area contributed by atoms with Gasteiger partial charge in [-0.1, -0.05) is 13.8 Å². The molecule has 4 nitrogen and oxygen atoms in total. The molecule has 2 rings (SSSR count). The zero-order valence-corrected chi connectivity index (χ0v) is 12.3. The molecule has 1 unspecified atom stereocenters. The molecule has 19 heavy (non-hydrogen) atoms. The number of carbonyl (C=O) groups is 1. The van der Waals surface area contributed by atoms with Crippen molar-refractivity contribution in [3.63, 3.8) is 0 Å². The third kappa shape index (κ3) is 2.82. The van der Waals surface area contributed by atoms with Crippen molar-refractivity contribution in [2.45, 2.75) is 26.9 Å². The van der Waals surface area contributed by atoms with Crippen molar-refractivity contribution in [3.05, 3.63) is 21.6 Å². The van der Waals surface area contributed by atoms with E-state index in [9.17, 15) is 9.18 Å². The minimum absolute atomic E-state index is 0.172. The number of hydrogen-bond donors (Lipinski definition) is 1. The van der Waals surface area contributed by atoms with Gasteiger partial charge in [-0.15, -0.1) is 22.7 Å². The van der Waals surface area contributed by atoms with E-state index in [1.807, 2.05) is 6.92 Å².